The first-order chi connectivity index (χ1) is 14.9. The fraction of sp³-hybridized carbons (Fsp3) is 0.130. The van der Waals surface area contributed by atoms with Crippen LogP contribution in [0.4, 0.5) is 0 Å². The first-order valence-corrected chi connectivity index (χ1v) is 10.5. The summed E-state index contributed by atoms with van der Waals surface area (Å²) in [6.45, 7) is 0.934. The topological polar surface area (TPSA) is 61.2 Å². The van der Waals surface area contributed by atoms with Crippen molar-refractivity contribution in [2.24, 2.45) is 10.1 Å². The molecule has 3 heterocycles. The zero-order chi connectivity index (χ0) is 20.2. The largest absolute Gasteiger partial charge is 0.463 e. The van der Waals surface area contributed by atoms with E-state index < -0.39 is 0 Å². The molecule has 0 N–H and O–H groups in total. The summed E-state index contributed by atoms with van der Waals surface area (Å²) in [6.07, 6.45) is 4.32. The summed E-state index contributed by atoms with van der Waals surface area (Å²) in [6, 6.07) is 19.9. The highest BCUT2D eigenvalue weighted by Gasteiger charge is 2.13. The van der Waals surface area contributed by atoms with Gasteiger partial charge in [0, 0.05) is 11.9 Å². The number of hydrogen-bond acceptors (Lipinski definition) is 6. The summed E-state index contributed by atoms with van der Waals surface area (Å²) in [5.74, 6) is 2.23. The average Bonchev–Trinajstić information content (AvgIpc) is 3.53. The molecule has 0 fully saturated rings. The van der Waals surface area contributed by atoms with Crippen molar-refractivity contribution in [3.8, 4) is 23.0 Å². The zero-order valence-corrected chi connectivity index (χ0v) is 16.9. The van der Waals surface area contributed by atoms with Gasteiger partial charge in [-0.15, -0.1) is 11.3 Å². The van der Waals surface area contributed by atoms with Crippen molar-refractivity contribution in [1.29, 1.82) is 0 Å². The molecule has 0 aliphatic carbocycles. The van der Waals surface area contributed by atoms with E-state index in [0.29, 0.717) is 6.54 Å². The van der Waals surface area contributed by atoms with Crippen LogP contribution >= 0.6 is 11.3 Å². The molecule has 0 atom stereocenters. The van der Waals surface area contributed by atoms with Crippen LogP contribution < -0.4 is 14.3 Å². The van der Waals surface area contributed by atoms with E-state index in [9.17, 15) is 0 Å². The number of aromatic nitrogens is 1. The van der Waals surface area contributed by atoms with Crippen molar-refractivity contribution in [2.75, 3.05) is 13.3 Å². The van der Waals surface area contributed by atoms with Crippen LogP contribution in [-0.2, 0) is 6.42 Å². The van der Waals surface area contributed by atoms with E-state index in [2.05, 4.69) is 12.1 Å². The highest BCUT2D eigenvalue weighted by molar-refractivity contribution is 7.07. The van der Waals surface area contributed by atoms with Crippen molar-refractivity contribution in [3.05, 3.63) is 88.2 Å². The van der Waals surface area contributed by atoms with E-state index in [-0.39, 0.29) is 6.79 Å². The Morgan fingerprint density at radius 3 is 2.77 bits per heavy atom. The predicted molar refractivity (Wildman–Crippen MR) is 116 cm³/mol. The van der Waals surface area contributed by atoms with Gasteiger partial charge < -0.3 is 13.9 Å². The van der Waals surface area contributed by atoms with E-state index in [1.54, 1.807) is 23.8 Å². The smallest absolute Gasteiger partial charge is 0.231 e. The third kappa shape index (κ3) is 3.92. The van der Waals surface area contributed by atoms with Crippen molar-refractivity contribution >= 4 is 17.6 Å². The van der Waals surface area contributed by atoms with Gasteiger partial charge >= 0.3 is 0 Å². The van der Waals surface area contributed by atoms with Gasteiger partial charge in [0.2, 0.25) is 11.6 Å². The molecular formula is C23H19N3O3S. The summed E-state index contributed by atoms with van der Waals surface area (Å²) in [5, 5.41) is 6.71. The lowest BCUT2D eigenvalue weighted by atomic mass is 10.2. The van der Waals surface area contributed by atoms with Gasteiger partial charge in [-0.1, -0.05) is 30.3 Å². The average molecular weight is 417 g/mol. The van der Waals surface area contributed by atoms with E-state index in [1.165, 1.54) is 5.56 Å². The molecule has 0 saturated carbocycles. The first kappa shape index (κ1) is 18.4. The maximum absolute atomic E-state index is 5.59. The number of hydrogen-bond donors (Lipinski definition) is 0. The predicted octanol–water partition coefficient (Wildman–Crippen LogP) is 4.56. The molecule has 0 spiro atoms. The van der Waals surface area contributed by atoms with Gasteiger partial charge in [-0.05, 0) is 47.9 Å². The van der Waals surface area contributed by atoms with Crippen LogP contribution in [0.1, 0.15) is 11.1 Å². The van der Waals surface area contributed by atoms with Gasteiger partial charge in [-0.2, -0.15) is 5.10 Å². The lowest BCUT2D eigenvalue weighted by molar-refractivity contribution is 0.174. The van der Waals surface area contributed by atoms with Gasteiger partial charge in [-0.3, -0.25) is 4.99 Å². The van der Waals surface area contributed by atoms with Crippen molar-refractivity contribution in [2.45, 2.75) is 6.42 Å². The van der Waals surface area contributed by atoms with Gasteiger partial charge in [0.25, 0.3) is 0 Å². The van der Waals surface area contributed by atoms with Crippen LogP contribution in [0.2, 0.25) is 0 Å². The Morgan fingerprint density at radius 1 is 1.00 bits per heavy atom. The third-order valence-electron chi connectivity index (χ3n) is 4.67. The Morgan fingerprint density at radius 2 is 1.90 bits per heavy atom. The van der Waals surface area contributed by atoms with Crippen molar-refractivity contribution in [1.82, 2.24) is 4.68 Å². The van der Waals surface area contributed by atoms with Crippen LogP contribution in [-0.4, -0.2) is 24.2 Å². The third-order valence-corrected chi connectivity index (χ3v) is 5.52. The SMILES string of the molecule is C(=Nn1c(-c2ccco2)csc1=NCCc1ccccc1)c1ccc2c(c1)OCO2. The molecular weight excluding hydrogens is 398 g/mol. The fourth-order valence-corrected chi connectivity index (χ4v) is 4.00. The molecule has 0 bridgehead atoms. The quantitative estimate of drug-likeness (QED) is 0.432. The number of furan rings is 1. The van der Waals surface area contributed by atoms with Gasteiger partial charge in [0.15, 0.2) is 17.3 Å². The maximum Gasteiger partial charge on any atom is 0.231 e. The molecule has 1 aliphatic rings. The molecule has 0 radical (unpaired) electrons. The molecule has 5 rings (SSSR count). The lowest BCUT2D eigenvalue weighted by Gasteiger charge is -2.02. The van der Waals surface area contributed by atoms with E-state index in [1.807, 2.05) is 58.6 Å². The molecule has 1 aliphatic heterocycles. The van der Waals surface area contributed by atoms with Crippen molar-refractivity contribution in [3.63, 3.8) is 0 Å². The number of fused-ring (bicyclic) bond motifs is 1. The molecule has 0 amide bonds. The zero-order valence-electron chi connectivity index (χ0n) is 16.1. The first-order valence-electron chi connectivity index (χ1n) is 9.60. The van der Waals surface area contributed by atoms with E-state index in [0.717, 1.165) is 39.7 Å². The van der Waals surface area contributed by atoms with Crippen LogP contribution in [0, 0.1) is 0 Å². The van der Waals surface area contributed by atoms with Gasteiger partial charge in [0.1, 0.15) is 5.69 Å². The van der Waals surface area contributed by atoms with Gasteiger partial charge in [0.05, 0.1) is 12.5 Å². The standard InChI is InChI=1S/C23H19N3O3S/c1-2-5-17(6-3-1)10-11-24-23-26(19(15-30-23)20-7-4-12-27-20)25-14-18-8-9-21-22(13-18)29-16-28-21/h1-9,12-15H,10-11,16H2. The van der Waals surface area contributed by atoms with E-state index in [4.69, 9.17) is 24.0 Å². The molecule has 0 unspecified atom stereocenters. The molecule has 7 heteroatoms. The van der Waals surface area contributed by atoms with Crippen LogP contribution in [0.5, 0.6) is 11.5 Å². The Hall–Kier alpha value is -3.58. The van der Waals surface area contributed by atoms with Crippen LogP contribution in [0.3, 0.4) is 0 Å². The van der Waals surface area contributed by atoms with E-state index >= 15 is 0 Å². The molecule has 0 saturated heterocycles. The summed E-state index contributed by atoms with van der Waals surface area (Å²) in [5.41, 5.74) is 3.04. The minimum Gasteiger partial charge on any atom is -0.463 e. The second kappa shape index (κ2) is 8.42. The van der Waals surface area contributed by atoms with Gasteiger partial charge in [-0.25, -0.2) is 4.68 Å². The molecule has 6 nitrogen and oxygen atoms in total. The normalized spacial score (nSPS) is 13.4. The summed E-state index contributed by atoms with van der Waals surface area (Å²) in [7, 11) is 0. The highest BCUT2D eigenvalue weighted by atomic mass is 32.1. The summed E-state index contributed by atoms with van der Waals surface area (Å²) < 4.78 is 18.2. The van der Waals surface area contributed by atoms with Crippen molar-refractivity contribution < 1.29 is 13.9 Å². The monoisotopic (exact) mass is 417 g/mol. The number of benzene rings is 2. The summed E-state index contributed by atoms with van der Waals surface area (Å²) in [4.78, 5) is 5.60. The summed E-state index contributed by atoms with van der Waals surface area (Å²) >= 11 is 1.54. The molecule has 30 heavy (non-hydrogen) atoms. The van der Waals surface area contributed by atoms with Crippen LogP contribution in [0.15, 0.2) is 86.8 Å². The minimum absolute atomic E-state index is 0.252. The molecule has 150 valence electrons. The molecule has 2 aromatic heterocycles. The Bertz CT molecular complexity index is 1220. The number of ether oxygens (including phenoxy) is 2. The fourth-order valence-electron chi connectivity index (χ4n) is 3.16. The molecule has 2 aromatic carbocycles. The second-order valence-corrected chi connectivity index (χ2v) is 7.50. The Kier molecular flexibility index (Phi) is 5.18. The minimum atomic E-state index is 0.252. The lowest BCUT2D eigenvalue weighted by Crippen LogP contribution is -2.13. The Balaban J connectivity index is 1.45. The van der Waals surface area contributed by atoms with Crippen LogP contribution in [0.25, 0.3) is 11.5 Å². The maximum atomic E-state index is 5.59. The number of nitrogens with zero attached hydrogens (tertiary/aromatic N) is 3. The Labute approximate surface area is 177 Å². The number of thiazole rings is 1. The highest BCUT2D eigenvalue weighted by Crippen LogP contribution is 2.32. The second-order valence-electron chi connectivity index (χ2n) is 6.67. The molecule has 4 aromatic rings. The number of rotatable bonds is 6.